The third-order valence-corrected chi connectivity index (χ3v) is 5.24. The summed E-state index contributed by atoms with van der Waals surface area (Å²) in [7, 11) is 2.43. The van der Waals surface area contributed by atoms with Crippen LogP contribution in [-0.2, 0) is 16.0 Å². The normalized spacial score (nSPS) is 10.6. The summed E-state index contributed by atoms with van der Waals surface area (Å²) in [6, 6.07) is 8.07. The second-order valence-electron chi connectivity index (χ2n) is 7.41. The third-order valence-electron chi connectivity index (χ3n) is 5.24. The minimum absolute atomic E-state index is 0.115. The van der Waals surface area contributed by atoms with Crippen LogP contribution in [0.3, 0.4) is 0 Å². The highest BCUT2D eigenvalue weighted by atomic mass is 16.6. The van der Waals surface area contributed by atoms with Gasteiger partial charge >= 0.3 is 11.9 Å². The lowest BCUT2D eigenvalue weighted by atomic mass is 10.1. The highest BCUT2D eigenvalue weighted by molar-refractivity contribution is 5.98. The first-order valence-corrected chi connectivity index (χ1v) is 9.96. The molecule has 0 saturated carbocycles. The number of nitro groups is 1. The lowest BCUT2D eigenvalue weighted by molar-refractivity contribution is -0.385. The van der Waals surface area contributed by atoms with Gasteiger partial charge in [-0.15, -0.1) is 0 Å². The van der Waals surface area contributed by atoms with E-state index in [0.29, 0.717) is 17.1 Å². The van der Waals surface area contributed by atoms with Crippen LogP contribution in [0.4, 0.5) is 5.69 Å². The number of aromatic nitrogens is 2. The molecule has 3 rings (SSSR count). The van der Waals surface area contributed by atoms with Crippen molar-refractivity contribution in [1.29, 1.82) is 0 Å². The average molecular weight is 467 g/mol. The van der Waals surface area contributed by atoms with Crippen LogP contribution in [-0.4, -0.2) is 46.0 Å². The summed E-state index contributed by atoms with van der Waals surface area (Å²) in [4.78, 5) is 59.7. The number of benzene rings is 1. The van der Waals surface area contributed by atoms with E-state index in [4.69, 9.17) is 9.47 Å². The number of nitrogens with zero attached hydrogens (tertiary/aromatic N) is 3. The lowest BCUT2D eigenvalue weighted by Crippen LogP contribution is -2.23. The van der Waals surface area contributed by atoms with Crippen LogP contribution >= 0.6 is 0 Å². The predicted molar refractivity (Wildman–Crippen MR) is 120 cm³/mol. The molecule has 0 N–H and O–H groups in total. The Morgan fingerprint density at radius 3 is 2.09 bits per heavy atom. The van der Waals surface area contributed by atoms with Gasteiger partial charge in [0.05, 0.1) is 43.0 Å². The number of esters is 2. The Morgan fingerprint density at radius 2 is 1.56 bits per heavy atom. The molecule has 0 aliphatic heterocycles. The van der Waals surface area contributed by atoms with Crippen molar-refractivity contribution in [1.82, 2.24) is 9.13 Å². The van der Waals surface area contributed by atoms with E-state index >= 15 is 0 Å². The van der Waals surface area contributed by atoms with Crippen molar-refractivity contribution in [2.45, 2.75) is 20.4 Å². The van der Waals surface area contributed by atoms with Crippen LogP contribution in [0, 0.1) is 24.0 Å². The minimum atomic E-state index is -0.657. The van der Waals surface area contributed by atoms with Gasteiger partial charge in [-0.25, -0.2) is 9.59 Å². The van der Waals surface area contributed by atoms with Crippen molar-refractivity contribution >= 4 is 23.4 Å². The lowest BCUT2D eigenvalue weighted by Gasteiger charge is -2.13. The summed E-state index contributed by atoms with van der Waals surface area (Å²) >= 11 is 0. The fourth-order valence-corrected chi connectivity index (χ4v) is 3.64. The fourth-order valence-electron chi connectivity index (χ4n) is 3.64. The monoisotopic (exact) mass is 467 g/mol. The Bertz CT molecular complexity index is 1350. The van der Waals surface area contributed by atoms with Crippen LogP contribution in [0.5, 0.6) is 0 Å². The van der Waals surface area contributed by atoms with Gasteiger partial charge in [0.25, 0.3) is 11.2 Å². The average Bonchev–Trinajstić information content (AvgIpc) is 3.12. The van der Waals surface area contributed by atoms with Crippen molar-refractivity contribution in [3.63, 3.8) is 0 Å². The van der Waals surface area contributed by atoms with Gasteiger partial charge in [-0.2, -0.15) is 0 Å². The van der Waals surface area contributed by atoms with Crippen LogP contribution in [0.1, 0.15) is 42.5 Å². The summed E-state index contributed by atoms with van der Waals surface area (Å²) in [6.07, 6.45) is 1.02. The number of ether oxygens (including phenoxy) is 2. The number of carbonyl (C=O) groups excluding carboxylic acids is 3. The number of carbonyl (C=O) groups is 3. The number of ketones is 1. The van der Waals surface area contributed by atoms with Crippen molar-refractivity contribution in [2.75, 3.05) is 14.2 Å². The van der Waals surface area contributed by atoms with Gasteiger partial charge in [0.2, 0.25) is 0 Å². The van der Waals surface area contributed by atoms with Gasteiger partial charge < -0.3 is 18.6 Å². The zero-order valence-corrected chi connectivity index (χ0v) is 18.9. The molecule has 0 unspecified atom stereocenters. The van der Waals surface area contributed by atoms with Gasteiger partial charge in [-0.1, -0.05) is 0 Å². The molecule has 2 aromatic heterocycles. The van der Waals surface area contributed by atoms with Gasteiger partial charge in [0.1, 0.15) is 0 Å². The Kier molecular flexibility index (Phi) is 6.76. The zero-order valence-electron chi connectivity index (χ0n) is 18.9. The molecule has 34 heavy (non-hydrogen) atoms. The first-order valence-electron chi connectivity index (χ1n) is 9.96. The van der Waals surface area contributed by atoms with E-state index in [1.165, 1.54) is 32.4 Å². The fraction of sp³-hybridized carbons (Fsp3) is 0.217. The Labute approximate surface area is 193 Å². The van der Waals surface area contributed by atoms with Gasteiger partial charge in [0, 0.05) is 34.8 Å². The molecule has 3 aromatic rings. The van der Waals surface area contributed by atoms with E-state index in [1.54, 1.807) is 24.5 Å². The van der Waals surface area contributed by atoms with E-state index in [2.05, 4.69) is 0 Å². The molecule has 0 bridgehead atoms. The first-order chi connectivity index (χ1) is 16.1. The molecule has 0 amide bonds. The molecular formula is C23H21N3O8. The van der Waals surface area contributed by atoms with Crippen LogP contribution in [0.2, 0.25) is 0 Å². The van der Waals surface area contributed by atoms with Crippen molar-refractivity contribution in [3.05, 3.63) is 91.1 Å². The number of rotatable bonds is 7. The van der Waals surface area contributed by atoms with Gasteiger partial charge in [-0.3, -0.25) is 19.7 Å². The summed E-state index contributed by atoms with van der Waals surface area (Å²) in [5.41, 5.74) is 1.16. The molecule has 0 aliphatic carbocycles. The summed E-state index contributed by atoms with van der Waals surface area (Å²) in [5, 5.41) is 11.0. The summed E-state index contributed by atoms with van der Waals surface area (Å²) in [5.74, 6) is -1.76. The number of hydrogen-bond acceptors (Lipinski definition) is 8. The molecule has 0 aliphatic rings. The molecule has 1 aromatic carbocycles. The number of methoxy groups -OCH3 is 2. The zero-order chi connectivity index (χ0) is 25.2. The van der Waals surface area contributed by atoms with E-state index < -0.39 is 34.7 Å². The molecule has 11 nitrogen and oxygen atoms in total. The Balaban J connectivity index is 2.07. The van der Waals surface area contributed by atoms with Gasteiger partial charge in [-0.05, 0) is 38.1 Å². The molecule has 0 radical (unpaired) electrons. The second-order valence-corrected chi connectivity index (χ2v) is 7.41. The number of hydrogen-bond donors (Lipinski definition) is 0. The van der Waals surface area contributed by atoms with E-state index in [0.717, 1.165) is 22.9 Å². The summed E-state index contributed by atoms with van der Waals surface area (Å²) < 4.78 is 12.2. The van der Waals surface area contributed by atoms with Crippen molar-refractivity contribution < 1.29 is 28.8 Å². The molecule has 0 saturated heterocycles. The first kappa shape index (κ1) is 24.1. The molecular weight excluding hydrogens is 446 g/mol. The highest BCUT2D eigenvalue weighted by Gasteiger charge is 2.21. The maximum atomic E-state index is 13.0. The second kappa shape index (κ2) is 9.53. The third kappa shape index (κ3) is 4.63. The van der Waals surface area contributed by atoms with E-state index in [-0.39, 0.29) is 22.4 Å². The topological polar surface area (TPSA) is 140 Å². The van der Waals surface area contributed by atoms with Crippen LogP contribution in [0.25, 0.3) is 5.69 Å². The highest BCUT2D eigenvalue weighted by Crippen LogP contribution is 2.24. The van der Waals surface area contributed by atoms with Crippen LogP contribution < -0.4 is 5.56 Å². The van der Waals surface area contributed by atoms with Crippen LogP contribution in [0.15, 0.2) is 47.4 Å². The smallest absolute Gasteiger partial charge is 0.337 e. The Hall–Kier alpha value is -4.54. The van der Waals surface area contributed by atoms with E-state index in [9.17, 15) is 29.3 Å². The maximum Gasteiger partial charge on any atom is 0.337 e. The Morgan fingerprint density at radius 1 is 0.971 bits per heavy atom. The number of aryl methyl sites for hydroxylation is 1. The molecule has 0 spiro atoms. The standard InChI is InChI=1S/C23H21N3O8/c1-13-7-19(20(27)12-24-11-17(26(31)32)5-6-21(24)28)14(2)25(13)18-9-15(22(29)33-3)8-16(10-18)23(30)34-4/h5-11H,12H2,1-4H3. The quantitative estimate of drug-likeness (QED) is 0.224. The van der Waals surface area contributed by atoms with Crippen molar-refractivity contribution in [2.24, 2.45) is 0 Å². The molecule has 0 fully saturated rings. The number of Topliss-reactive ketones (excluding diaryl/α,β-unsaturated/α-hetero) is 1. The minimum Gasteiger partial charge on any atom is -0.465 e. The number of pyridine rings is 1. The predicted octanol–water partition coefficient (Wildman–Crippen LogP) is 2.62. The van der Waals surface area contributed by atoms with Gasteiger partial charge in [0.15, 0.2) is 5.78 Å². The molecule has 2 heterocycles. The molecule has 0 atom stereocenters. The molecule has 11 heteroatoms. The van der Waals surface area contributed by atoms with E-state index in [1.807, 2.05) is 0 Å². The maximum absolute atomic E-state index is 13.0. The largest absolute Gasteiger partial charge is 0.465 e. The summed E-state index contributed by atoms with van der Waals surface area (Å²) in [6.45, 7) is 2.99. The van der Waals surface area contributed by atoms with Crippen molar-refractivity contribution in [3.8, 4) is 5.69 Å². The SMILES string of the molecule is COC(=O)c1cc(C(=O)OC)cc(-n2c(C)cc(C(=O)Cn3cc([N+](=O)[O-])ccc3=O)c2C)c1. The molecule has 176 valence electrons.